The Morgan fingerprint density at radius 3 is 2.39 bits per heavy atom. The Hall–Kier alpha value is -2.24. The molecule has 0 amide bonds. The van der Waals surface area contributed by atoms with Crippen LogP contribution >= 0.6 is 0 Å². The van der Waals surface area contributed by atoms with Gasteiger partial charge in [0.15, 0.2) is 5.96 Å². The smallest absolute Gasteiger partial charge is 0.305 e. The fourth-order valence-electron chi connectivity index (χ4n) is 2.04. The summed E-state index contributed by atoms with van der Waals surface area (Å²) in [7, 11) is 4.82. The molecule has 0 unspecified atom stereocenters. The second-order valence-corrected chi connectivity index (χ2v) is 5.06. The van der Waals surface area contributed by atoms with E-state index in [0.29, 0.717) is 6.42 Å². The minimum Gasteiger partial charge on any atom is -0.497 e. The number of aliphatic imine (C=N–C) groups is 1. The molecule has 128 valence electrons. The fraction of sp³-hybridized carbons (Fsp3) is 0.529. The van der Waals surface area contributed by atoms with Gasteiger partial charge in [-0.2, -0.15) is 0 Å². The summed E-state index contributed by atoms with van der Waals surface area (Å²) >= 11 is 0. The van der Waals surface area contributed by atoms with Crippen LogP contribution in [0.4, 0.5) is 0 Å². The number of carbonyl (C=O) groups is 1. The number of esters is 1. The molecule has 1 aromatic rings. The number of guanidine groups is 1. The van der Waals surface area contributed by atoms with Crippen molar-refractivity contribution >= 4 is 11.9 Å². The van der Waals surface area contributed by atoms with E-state index in [1.165, 1.54) is 12.7 Å². The van der Waals surface area contributed by atoms with Crippen molar-refractivity contribution in [1.82, 2.24) is 10.6 Å². The number of rotatable bonds is 9. The third-order valence-electron chi connectivity index (χ3n) is 3.42. The molecule has 0 aliphatic carbocycles. The summed E-state index contributed by atoms with van der Waals surface area (Å²) in [4.78, 5) is 15.2. The lowest BCUT2D eigenvalue weighted by molar-refractivity contribution is -0.140. The van der Waals surface area contributed by atoms with Gasteiger partial charge in [-0.05, 0) is 37.0 Å². The van der Waals surface area contributed by atoms with Crippen LogP contribution in [0.15, 0.2) is 29.3 Å². The zero-order chi connectivity index (χ0) is 16.9. The zero-order valence-corrected chi connectivity index (χ0v) is 14.2. The van der Waals surface area contributed by atoms with E-state index >= 15 is 0 Å². The predicted octanol–water partition coefficient (Wildman–Crippen LogP) is 1.75. The van der Waals surface area contributed by atoms with E-state index in [4.69, 9.17) is 4.74 Å². The maximum Gasteiger partial charge on any atom is 0.305 e. The molecule has 0 heterocycles. The van der Waals surface area contributed by atoms with Gasteiger partial charge in [-0.25, -0.2) is 0 Å². The van der Waals surface area contributed by atoms with E-state index in [2.05, 4.69) is 32.5 Å². The average Bonchev–Trinajstić information content (AvgIpc) is 2.60. The second kappa shape index (κ2) is 11.3. The van der Waals surface area contributed by atoms with E-state index in [0.717, 1.165) is 44.1 Å². The number of nitrogens with one attached hydrogen (secondary N) is 2. The molecule has 1 rings (SSSR count). The first kappa shape index (κ1) is 18.8. The van der Waals surface area contributed by atoms with Crippen molar-refractivity contribution in [1.29, 1.82) is 0 Å². The van der Waals surface area contributed by atoms with Crippen molar-refractivity contribution in [3.05, 3.63) is 29.8 Å². The van der Waals surface area contributed by atoms with Gasteiger partial charge in [-0.15, -0.1) is 0 Å². The highest BCUT2D eigenvalue weighted by Gasteiger charge is 2.01. The number of unbranched alkanes of at least 4 members (excludes halogenated alkanes) is 1. The standard InChI is InChI=1S/C17H27N3O3/c1-18-17(19-12-5-4-6-16(21)23-3)20-13-11-14-7-9-15(22-2)10-8-14/h7-10H,4-6,11-13H2,1-3H3,(H2,18,19,20). The number of hydrogen-bond donors (Lipinski definition) is 2. The third-order valence-corrected chi connectivity index (χ3v) is 3.42. The number of methoxy groups -OCH3 is 2. The van der Waals surface area contributed by atoms with Crippen LogP contribution < -0.4 is 15.4 Å². The zero-order valence-electron chi connectivity index (χ0n) is 14.2. The Kier molecular flexibility index (Phi) is 9.28. The van der Waals surface area contributed by atoms with Crippen LogP contribution in [0.1, 0.15) is 24.8 Å². The number of benzene rings is 1. The van der Waals surface area contributed by atoms with E-state index in [-0.39, 0.29) is 5.97 Å². The van der Waals surface area contributed by atoms with Gasteiger partial charge < -0.3 is 20.1 Å². The van der Waals surface area contributed by atoms with E-state index in [1.807, 2.05) is 12.1 Å². The van der Waals surface area contributed by atoms with Gasteiger partial charge in [0.05, 0.1) is 14.2 Å². The van der Waals surface area contributed by atoms with Crippen LogP contribution in [0.2, 0.25) is 0 Å². The Balaban J connectivity index is 2.17. The molecular formula is C17H27N3O3. The summed E-state index contributed by atoms with van der Waals surface area (Å²) in [6.07, 6.45) is 3.07. The molecule has 0 spiro atoms. The van der Waals surface area contributed by atoms with Crippen LogP contribution in [-0.2, 0) is 16.0 Å². The molecule has 0 saturated heterocycles. The van der Waals surface area contributed by atoms with E-state index < -0.39 is 0 Å². The molecule has 0 fully saturated rings. The highest BCUT2D eigenvalue weighted by atomic mass is 16.5. The Bertz CT molecular complexity index is 486. The lowest BCUT2D eigenvalue weighted by Crippen LogP contribution is -2.38. The molecule has 0 atom stereocenters. The highest BCUT2D eigenvalue weighted by Crippen LogP contribution is 2.11. The molecule has 0 aliphatic rings. The quantitative estimate of drug-likeness (QED) is 0.314. The van der Waals surface area contributed by atoms with Crippen LogP contribution in [0.25, 0.3) is 0 Å². The van der Waals surface area contributed by atoms with Gasteiger partial charge in [-0.3, -0.25) is 9.79 Å². The van der Waals surface area contributed by atoms with E-state index in [1.54, 1.807) is 14.2 Å². The summed E-state index contributed by atoms with van der Waals surface area (Å²) in [5.74, 6) is 1.48. The maximum absolute atomic E-state index is 11.0. The van der Waals surface area contributed by atoms with Gasteiger partial charge in [0, 0.05) is 26.6 Å². The topological polar surface area (TPSA) is 72.0 Å². The van der Waals surface area contributed by atoms with E-state index in [9.17, 15) is 4.79 Å². The molecular weight excluding hydrogens is 294 g/mol. The van der Waals surface area contributed by atoms with Gasteiger partial charge in [0.2, 0.25) is 0 Å². The number of hydrogen-bond acceptors (Lipinski definition) is 4. The fourth-order valence-corrected chi connectivity index (χ4v) is 2.04. The summed E-state index contributed by atoms with van der Waals surface area (Å²) < 4.78 is 9.75. The Morgan fingerprint density at radius 1 is 1.09 bits per heavy atom. The first-order valence-corrected chi connectivity index (χ1v) is 7.84. The molecule has 0 aromatic heterocycles. The van der Waals surface area contributed by atoms with Crippen LogP contribution in [0.3, 0.4) is 0 Å². The van der Waals surface area contributed by atoms with Gasteiger partial charge in [0.25, 0.3) is 0 Å². The maximum atomic E-state index is 11.0. The minimum absolute atomic E-state index is 0.160. The normalized spacial score (nSPS) is 11.0. The summed E-state index contributed by atoms with van der Waals surface area (Å²) in [5, 5.41) is 6.51. The van der Waals surface area contributed by atoms with Crippen LogP contribution in [0.5, 0.6) is 5.75 Å². The predicted molar refractivity (Wildman–Crippen MR) is 91.9 cm³/mol. The SMILES string of the molecule is CN=C(NCCCCC(=O)OC)NCCc1ccc(OC)cc1. The largest absolute Gasteiger partial charge is 0.497 e. The highest BCUT2D eigenvalue weighted by molar-refractivity contribution is 5.79. The average molecular weight is 321 g/mol. The van der Waals surface area contributed by atoms with Crippen molar-refractivity contribution < 1.29 is 14.3 Å². The van der Waals surface area contributed by atoms with Crippen molar-refractivity contribution in [2.45, 2.75) is 25.7 Å². The molecule has 0 radical (unpaired) electrons. The van der Waals surface area contributed by atoms with Crippen LogP contribution in [-0.4, -0.2) is 46.3 Å². The van der Waals surface area contributed by atoms with Crippen molar-refractivity contribution in [2.75, 3.05) is 34.4 Å². The second-order valence-electron chi connectivity index (χ2n) is 5.06. The molecule has 2 N–H and O–H groups in total. The number of carbonyl (C=O) groups excluding carboxylic acids is 1. The Labute approximate surface area is 138 Å². The lowest BCUT2D eigenvalue weighted by atomic mass is 10.1. The van der Waals surface area contributed by atoms with Crippen molar-refractivity contribution in [3.8, 4) is 5.75 Å². The molecule has 0 saturated carbocycles. The summed E-state index contributed by atoms with van der Waals surface area (Å²) in [6.45, 7) is 1.58. The minimum atomic E-state index is -0.160. The van der Waals surface area contributed by atoms with Crippen LogP contribution in [0, 0.1) is 0 Å². The number of ether oxygens (including phenoxy) is 2. The monoisotopic (exact) mass is 321 g/mol. The summed E-state index contributed by atoms with van der Waals surface area (Å²) in [5.41, 5.74) is 1.24. The molecule has 0 aliphatic heterocycles. The molecule has 23 heavy (non-hydrogen) atoms. The molecule has 6 heteroatoms. The molecule has 0 bridgehead atoms. The Morgan fingerprint density at radius 2 is 1.78 bits per heavy atom. The lowest BCUT2D eigenvalue weighted by Gasteiger charge is -2.12. The first-order chi connectivity index (χ1) is 11.2. The third kappa shape index (κ3) is 8.09. The van der Waals surface area contributed by atoms with Crippen molar-refractivity contribution in [3.63, 3.8) is 0 Å². The van der Waals surface area contributed by atoms with Crippen molar-refractivity contribution in [2.24, 2.45) is 4.99 Å². The molecule has 1 aromatic carbocycles. The molecule has 6 nitrogen and oxygen atoms in total. The van der Waals surface area contributed by atoms with Gasteiger partial charge >= 0.3 is 5.97 Å². The number of nitrogens with zero attached hydrogens (tertiary/aromatic N) is 1. The van der Waals surface area contributed by atoms with Gasteiger partial charge in [0.1, 0.15) is 5.75 Å². The first-order valence-electron chi connectivity index (χ1n) is 7.84. The summed E-state index contributed by atoms with van der Waals surface area (Å²) in [6, 6.07) is 8.04. The van der Waals surface area contributed by atoms with Gasteiger partial charge in [-0.1, -0.05) is 12.1 Å².